The third kappa shape index (κ3) is 6.17. The normalized spacial score (nSPS) is 20.6. The van der Waals surface area contributed by atoms with Crippen molar-refractivity contribution >= 4 is 76.3 Å². The molecule has 0 aliphatic carbocycles. The molecule has 1 fully saturated rings. The summed E-state index contributed by atoms with van der Waals surface area (Å²) in [7, 11) is -12.2. The van der Waals surface area contributed by atoms with Gasteiger partial charge in [-0.2, -0.15) is 4.31 Å². The quantitative estimate of drug-likeness (QED) is 0.467. The summed E-state index contributed by atoms with van der Waals surface area (Å²) in [5, 5.41) is 10.5. The number of nitrogens with zero attached hydrogens (tertiary/aromatic N) is 1. The number of aliphatic hydroxyl groups excluding tert-OH is 1. The molecular formula is C18H18Cl4N2O7S3. The van der Waals surface area contributed by atoms with Crippen LogP contribution in [0.15, 0.2) is 46.2 Å². The highest BCUT2D eigenvalue weighted by Gasteiger charge is 2.44. The van der Waals surface area contributed by atoms with Gasteiger partial charge in [-0.15, -0.1) is 0 Å². The molecule has 3 rings (SSSR count). The Hall–Kier alpha value is -0.670. The molecule has 0 amide bonds. The highest BCUT2D eigenvalue weighted by molar-refractivity contribution is 7.92. The SMILES string of the molecule is O=S1(=O)C[C@@H](N(CCNS(=O)(=O)c2ccc(Cl)c(Cl)c2)S(=O)(=O)c2ccc(Cl)c(Cl)c2)[C@@H](O)C1. The molecule has 0 bridgehead atoms. The number of sulfonamides is 2. The molecule has 1 aliphatic heterocycles. The minimum atomic E-state index is -4.41. The van der Waals surface area contributed by atoms with Gasteiger partial charge in [-0.25, -0.2) is 30.0 Å². The third-order valence-corrected chi connectivity index (χ3v) is 11.5. The van der Waals surface area contributed by atoms with Crippen LogP contribution in [0.2, 0.25) is 20.1 Å². The van der Waals surface area contributed by atoms with E-state index in [0.29, 0.717) is 0 Å². The molecule has 0 unspecified atom stereocenters. The van der Waals surface area contributed by atoms with Crippen LogP contribution in [-0.2, 0) is 29.9 Å². The standard InChI is InChI=1S/C18H18Cl4N2O7S3/c19-13-3-1-11(7-15(13)21)33(28,29)23-5-6-24(17-9-32(26,27)10-18(17)25)34(30,31)12-2-4-14(20)16(22)8-12/h1-4,7-8,17-18,23,25H,5-6,9-10H2/t17-,18+/m1/s1. The lowest BCUT2D eigenvalue weighted by Crippen LogP contribution is -2.49. The van der Waals surface area contributed by atoms with Gasteiger partial charge in [0, 0.05) is 13.1 Å². The number of benzene rings is 2. The number of halogens is 4. The van der Waals surface area contributed by atoms with Crippen LogP contribution in [0.25, 0.3) is 0 Å². The van der Waals surface area contributed by atoms with E-state index in [0.717, 1.165) is 16.4 Å². The first-order valence-electron chi connectivity index (χ1n) is 9.44. The zero-order valence-electron chi connectivity index (χ0n) is 17.0. The van der Waals surface area contributed by atoms with Gasteiger partial charge in [0.2, 0.25) is 20.0 Å². The number of rotatable bonds is 8. The van der Waals surface area contributed by atoms with E-state index in [-0.39, 0.29) is 29.9 Å². The fraction of sp³-hybridized carbons (Fsp3) is 0.333. The molecule has 9 nitrogen and oxygen atoms in total. The first-order valence-corrected chi connectivity index (χ1v) is 15.7. The third-order valence-electron chi connectivity index (χ3n) is 4.99. The van der Waals surface area contributed by atoms with E-state index < -0.39 is 66.6 Å². The zero-order valence-corrected chi connectivity index (χ0v) is 22.5. The van der Waals surface area contributed by atoms with Crippen LogP contribution < -0.4 is 4.72 Å². The lowest BCUT2D eigenvalue weighted by Gasteiger charge is -2.29. The molecule has 1 heterocycles. The lowest BCUT2D eigenvalue weighted by atomic mass is 10.2. The second-order valence-electron chi connectivity index (χ2n) is 7.38. The van der Waals surface area contributed by atoms with Crippen molar-refractivity contribution in [3.8, 4) is 0 Å². The van der Waals surface area contributed by atoms with Gasteiger partial charge in [0.15, 0.2) is 9.84 Å². The minimum Gasteiger partial charge on any atom is -0.390 e. The smallest absolute Gasteiger partial charge is 0.243 e. The molecule has 34 heavy (non-hydrogen) atoms. The molecule has 2 atom stereocenters. The van der Waals surface area contributed by atoms with E-state index >= 15 is 0 Å². The maximum absolute atomic E-state index is 13.4. The predicted molar refractivity (Wildman–Crippen MR) is 130 cm³/mol. The van der Waals surface area contributed by atoms with Gasteiger partial charge in [-0.05, 0) is 36.4 Å². The van der Waals surface area contributed by atoms with Crippen molar-refractivity contribution in [2.45, 2.75) is 21.9 Å². The minimum absolute atomic E-state index is 0.00708. The molecule has 188 valence electrons. The summed E-state index contributed by atoms with van der Waals surface area (Å²) in [4.78, 5) is -0.505. The zero-order chi connectivity index (χ0) is 25.5. The number of sulfone groups is 1. The molecule has 0 saturated carbocycles. The second-order valence-corrected chi connectivity index (χ2v) is 14.8. The van der Waals surface area contributed by atoms with Crippen molar-refractivity contribution in [2.24, 2.45) is 0 Å². The van der Waals surface area contributed by atoms with Crippen LogP contribution in [0.5, 0.6) is 0 Å². The van der Waals surface area contributed by atoms with E-state index in [2.05, 4.69) is 4.72 Å². The summed E-state index contributed by atoms with van der Waals surface area (Å²) in [5.74, 6) is -1.26. The predicted octanol–water partition coefficient (Wildman–Crippen LogP) is 2.43. The Morgan fingerprint density at radius 2 is 1.41 bits per heavy atom. The molecular weight excluding hydrogens is 594 g/mol. The van der Waals surface area contributed by atoms with Gasteiger partial charge in [-0.1, -0.05) is 46.4 Å². The van der Waals surface area contributed by atoms with E-state index in [1.54, 1.807) is 0 Å². The summed E-state index contributed by atoms with van der Waals surface area (Å²) in [6, 6.07) is 5.81. The molecule has 0 aromatic heterocycles. The van der Waals surface area contributed by atoms with Crippen molar-refractivity contribution in [3.63, 3.8) is 0 Å². The molecule has 0 spiro atoms. The van der Waals surface area contributed by atoms with Crippen LogP contribution in [0, 0.1) is 0 Å². The highest BCUT2D eigenvalue weighted by Crippen LogP contribution is 2.30. The Labute approximate surface area is 217 Å². The van der Waals surface area contributed by atoms with Gasteiger partial charge in [-0.3, -0.25) is 0 Å². The Kier molecular flexibility index (Phi) is 8.51. The first kappa shape index (κ1) is 27.9. The molecule has 2 aromatic rings. The maximum Gasteiger partial charge on any atom is 0.243 e. The monoisotopic (exact) mass is 610 g/mol. The van der Waals surface area contributed by atoms with E-state index in [1.165, 1.54) is 24.3 Å². The lowest BCUT2D eigenvalue weighted by molar-refractivity contribution is 0.128. The summed E-state index contributed by atoms with van der Waals surface area (Å²) in [6.07, 6.45) is -1.51. The van der Waals surface area contributed by atoms with Crippen molar-refractivity contribution in [1.29, 1.82) is 0 Å². The topological polar surface area (TPSA) is 138 Å². The van der Waals surface area contributed by atoms with Crippen LogP contribution >= 0.6 is 46.4 Å². The maximum atomic E-state index is 13.4. The van der Waals surface area contributed by atoms with Gasteiger partial charge in [0.1, 0.15) is 0 Å². The van der Waals surface area contributed by atoms with Crippen molar-refractivity contribution in [3.05, 3.63) is 56.5 Å². The van der Waals surface area contributed by atoms with Crippen LogP contribution in [0.3, 0.4) is 0 Å². The molecule has 2 N–H and O–H groups in total. The average molecular weight is 612 g/mol. The van der Waals surface area contributed by atoms with Crippen LogP contribution in [0.4, 0.5) is 0 Å². The second kappa shape index (κ2) is 10.4. The Morgan fingerprint density at radius 1 is 0.882 bits per heavy atom. The van der Waals surface area contributed by atoms with Crippen molar-refractivity contribution in [1.82, 2.24) is 9.03 Å². The molecule has 0 radical (unpaired) electrons. The number of hydrogen-bond donors (Lipinski definition) is 2. The first-order chi connectivity index (χ1) is 15.6. The van der Waals surface area contributed by atoms with Gasteiger partial charge in [0.05, 0.1) is 53.5 Å². The van der Waals surface area contributed by atoms with Gasteiger partial charge in [0.25, 0.3) is 0 Å². The number of hydrogen-bond acceptors (Lipinski definition) is 7. The summed E-state index contributed by atoms with van der Waals surface area (Å²) < 4.78 is 79.0. The van der Waals surface area contributed by atoms with Crippen LogP contribution in [-0.4, -0.2) is 71.4 Å². The molecule has 16 heteroatoms. The Morgan fingerprint density at radius 3 is 1.91 bits per heavy atom. The number of aliphatic hydroxyl groups is 1. The Bertz CT molecular complexity index is 1420. The van der Waals surface area contributed by atoms with Gasteiger partial charge < -0.3 is 5.11 Å². The number of nitrogens with one attached hydrogen (secondary N) is 1. The molecule has 2 aromatic carbocycles. The largest absolute Gasteiger partial charge is 0.390 e. The fourth-order valence-corrected chi connectivity index (χ4v) is 8.69. The van der Waals surface area contributed by atoms with E-state index in [4.69, 9.17) is 46.4 Å². The van der Waals surface area contributed by atoms with Gasteiger partial charge >= 0.3 is 0 Å². The molecule has 1 saturated heterocycles. The van der Waals surface area contributed by atoms with Crippen molar-refractivity contribution in [2.75, 3.05) is 24.6 Å². The Balaban J connectivity index is 1.90. The summed E-state index contributed by atoms with van der Waals surface area (Å²) in [5.41, 5.74) is 0. The summed E-state index contributed by atoms with van der Waals surface area (Å²) in [6.45, 7) is -0.924. The summed E-state index contributed by atoms with van der Waals surface area (Å²) >= 11 is 23.5. The molecule has 1 aliphatic rings. The van der Waals surface area contributed by atoms with Crippen LogP contribution in [0.1, 0.15) is 0 Å². The van der Waals surface area contributed by atoms with E-state index in [9.17, 15) is 30.4 Å². The average Bonchev–Trinajstić information content (AvgIpc) is 3.00. The van der Waals surface area contributed by atoms with E-state index in [1.807, 2.05) is 0 Å². The highest BCUT2D eigenvalue weighted by atomic mass is 35.5. The fourth-order valence-electron chi connectivity index (χ4n) is 3.34. The van der Waals surface area contributed by atoms with Crippen molar-refractivity contribution < 1.29 is 30.4 Å².